The quantitative estimate of drug-likeness (QED) is 0.657. The van der Waals surface area contributed by atoms with E-state index in [0.29, 0.717) is 11.3 Å². The third-order valence-corrected chi connectivity index (χ3v) is 2.15. The average molecular weight is 181 g/mol. The van der Waals surface area contributed by atoms with Crippen LogP contribution in [0.1, 0.15) is 40.5 Å². The van der Waals surface area contributed by atoms with Gasteiger partial charge >= 0.3 is 0 Å². The summed E-state index contributed by atoms with van der Waals surface area (Å²) in [6.07, 6.45) is 7.69. The highest BCUT2D eigenvalue weighted by atomic mass is 14.9. The van der Waals surface area contributed by atoms with Crippen molar-refractivity contribution in [3.8, 4) is 12.3 Å². The molecular weight excluding hydrogens is 158 g/mol. The Morgan fingerprint density at radius 3 is 2.23 bits per heavy atom. The summed E-state index contributed by atoms with van der Waals surface area (Å²) >= 11 is 0. The molecule has 0 saturated carbocycles. The van der Waals surface area contributed by atoms with E-state index in [0.717, 1.165) is 6.42 Å². The summed E-state index contributed by atoms with van der Waals surface area (Å²) in [5.41, 5.74) is 0.409. The monoisotopic (exact) mass is 181 g/mol. The van der Waals surface area contributed by atoms with Crippen LogP contribution in [0, 0.1) is 23.7 Å². The fourth-order valence-electron chi connectivity index (χ4n) is 1.80. The molecule has 0 amide bonds. The molecule has 76 valence electrons. The molecule has 0 fully saturated rings. The van der Waals surface area contributed by atoms with Crippen molar-refractivity contribution in [2.24, 2.45) is 11.3 Å². The van der Waals surface area contributed by atoms with Gasteiger partial charge < -0.3 is 5.32 Å². The fourth-order valence-corrected chi connectivity index (χ4v) is 1.80. The lowest BCUT2D eigenvalue weighted by molar-refractivity contribution is 0.288. The number of hydrogen-bond acceptors (Lipinski definition) is 1. The molecule has 1 N–H and O–H groups in total. The maximum absolute atomic E-state index is 5.38. The molecule has 0 aliphatic rings. The predicted octanol–water partition coefficient (Wildman–Crippen LogP) is 2.67. The minimum absolute atomic E-state index is 0.234. The van der Waals surface area contributed by atoms with E-state index in [-0.39, 0.29) is 6.04 Å². The fraction of sp³-hybridized carbons (Fsp3) is 0.833. The maximum Gasteiger partial charge on any atom is 0.0687 e. The molecule has 0 heterocycles. The highest BCUT2D eigenvalue weighted by Gasteiger charge is 2.17. The molecule has 1 heteroatoms. The SMILES string of the molecule is C#CC(CC(C)CC(C)(C)C)NC. The highest BCUT2D eigenvalue weighted by molar-refractivity contribution is 4.98. The second-order valence-electron chi connectivity index (χ2n) is 5.11. The Labute approximate surface area is 83.3 Å². The van der Waals surface area contributed by atoms with Gasteiger partial charge in [0.1, 0.15) is 0 Å². The summed E-state index contributed by atoms with van der Waals surface area (Å²) < 4.78 is 0. The molecule has 2 atom stereocenters. The maximum atomic E-state index is 5.38. The molecule has 0 radical (unpaired) electrons. The van der Waals surface area contributed by atoms with Gasteiger partial charge in [-0.2, -0.15) is 0 Å². The number of terminal acetylenes is 1. The average Bonchev–Trinajstić information content (AvgIpc) is 1.96. The van der Waals surface area contributed by atoms with Gasteiger partial charge in [0, 0.05) is 0 Å². The van der Waals surface area contributed by atoms with E-state index in [1.807, 2.05) is 7.05 Å². The topological polar surface area (TPSA) is 12.0 Å². The van der Waals surface area contributed by atoms with Crippen LogP contribution in [0.2, 0.25) is 0 Å². The minimum Gasteiger partial charge on any atom is -0.307 e. The Morgan fingerprint density at radius 2 is 1.92 bits per heavy atom. The minimum atomic E-state index is 0.234. The number of nitrogens with one attached hydrogen (secondary N) is 1. The molecule has 0 bridgehead atoms. The summed E-state index contributed by atoms with van der Waals surface area (Å²) in [5.74, 6) is 3.45. The molecule has 2 unspecified atom stereocenters. The van der Waals surface area contributed by atoms with Crippen LogP contribution in [0.5, 0.6) is 0 Å². The summed E-state index contributed by atoms with van der Waals surface area (Å²) in [6.45, 7) is 9.09. The van der Waals surface area contributed by atoms with Crippen LogP contribution in [0.4, 0.5) is 0 Å². The molecule has 0 aliphatic heterocycles. The molecule has 0 aliphatic carbocycles. The Balaban J connectivity index is 3.87. The smallest absolute Gasteiger partial charge is 0.0687 e. The zero-order valence-corrected chi connectivity index (χ0v) is 9.65. The summed E-state index contributed by atoms with van der Waals surface area (Å²) in [5, 5.41) is 3.13. The lowest BCUT2D eigenvalue weighted by Crippen LogP contribution is -2.26. The van der Waals surface area contributed by atoms with Crippen molar-refractivity contribution in [1.29, 1.82) is 0 Å². The van der Waals surface area contributed by atoms with Gasteiger partial charge in [0.15, 0.2) is 0 Å². The van der Waals surface area contributed by atoms with E-state index in [2.05, 4.69) is 38.9 Å². The van der Waals surface area contributed by atoms with Crippen LogP contribution < -0.4 is 5.32 Å². The van der Waals surface area contributed by atoms with Gasteiger partial charge in [-0.3, -0.25) is 0 Å². The van der Waals surface area contributed by atoms with Crippen molar-refractivity contribution in [2.75, 3.05) is 7.05 Å². The van der Waals surface area contributed by atoms with Gasteiger partial charge in [-0.05, 0) is 31.2 Å². The first-order chi connectivity index (χ1) is 5.89. The standard InChI is InChI=1S/C12H23N/c1-7-11(13-6)8-10(2)9-12(3,4)5/h1,10-11,13H,8-9H2,2-6H3. The second kappa shape index (κ2) is 5.29. The highest BCUT2D eigenvalue weighted by Crippen LogP contribution is 2.26. The zero-order chi connectivity index (χ0) is 10.5. The molecule has 1 nitrogen and oxygen atoms in total. The molecular formula is C12H23N. The van der Waals surface area contributed by atoms with Crippen molar-refractivity contribution >= 4 is 0 Å². The molecule has 0 aromatic rings. The van der Waals surface area contributed by atoms with E-state index >= 15 is 0 Å². The first-order valence-corrected chi connectivity index (χ1v) is 5.02. The van der Waals surface area contributed by atoms with Gasteiger partial charge in [0.2, 0.25) is 0 Å². The van der Waals surface area contributed by atoms with E-state index in [1.165, 1.54) is 6.42 Å². The van der Waals surface area contributed by atoms with E-state index in [4.69, 9.17) is 6.42 Å². The Kier molecular flexibility index (Phi) is 5.10. The third-order valence-electron chi connectivity index (χ3n) is 2.15. The van der Waals surface area contributed by atoms with Crippen molar-refractivity contribution in [2.45, 2.75) is 46.6 Å². The van der Waals surface area contributed by atoms with Crippen molar-refractivity contribution in [1.82, 2.24) is 5.32 Å². The second-order valence-corrected chi connectivity index (χ2v) is 5.11. The van der Waals surface area contributed by atoms with E-state index < -0.39 is 0 Å². The van der Waals surface area contributed by atoms with Crippen molar-refractivity contribution < 1.29 is 0 Å². The van der Waals surface area contributed by atoms with Gasteiger partial charge in [-0.1, -0.05) is 33.6 Å². The van der Waals surface area contributed by atoms with Gasteiger partial charge in [-0.15, -0.1) is 6.42 Å². The Bertz CT molecular complexity index is 171. The first kappa shape index (κ1) is 12.5. The van der Waals surface area contributed by atoms with Gasteiger partial charge in [0.05, 0.1) is 6.04 Å². The number of rotatable bonds is 4. The lowest BCUT2D eigenvalue weighted by atomic mass is 9.83. The van der Waals surface area contributed by atoms with Crippen LogP contribution in [-0.4, -0.2) is 13.1 Å². The zero-order valence-electron chi connectivity index (χ0n) is 9.65. The van der Waals surface area contributed by atoms with Crippen LogP contribution in [0.3, 0.4) is 0 Å². The predicted molar refractivity (Wildman–Crippen MR) is 59.5 cm³/mol. The summed E-state index contributed by atoms with van der Waals surface area (Å²) in [4.78, 5) is 0. The molecule has 0 aromatic heterocycles. The van der Waals surface area contributed by atoms with Crippen molar-refractivity contribution in [3.63, 3.8) is 0 Å². The Morgan fingerprint density at radius 1 is 1.38 bits per heavy atom. The normalized spacial score (nSPS) is 16.3. The van der Waals surface area contributed by atoms with Gasteiger partial charge in [-0.25, -0.2) is 0 Å². The number of hydrogen-bond donors (Lipinski definition) is 1. The van der Waals surface area contributed by atoms with Gasteiger partial charge in [0.25, 0.3) is 0 Å². The van der Waals surface area contributed by atoms with Crippen LogP contribution >= 0.6 is 0 Å². The molecule has 0 saturated heterocycles. The third kappa shape index (κ3) is 6.66. The van der Waals surface area contributed by atoms with E-state index in [9.17, 15) is 0 Å². The van der Waals surface area contributed by atoms with Crippen LogP contribution in [-0.2, 0) is 0 Å². The Hall–Kier alpha value is -0.480. The largest absolute Gasteiger partial charge is 0.307 e. The van der Waals surface area contributed by atoms with Crippen LogP contribution in [0.25, 0.3) is 0 Å². The lowest BCUT2D eigenvalue weighted by Gasteiger charge is -2.24. The van der Waals surface area contributed by atoms with E-state index in [1.54, 1.807) is 0 Å². The molecule has 0 spiro atoms. The summed E-state index contributed by atoms with van der Waals surface area (Å²) in [7, 11) is 1.92. The first-order valence-electron chi connectivity index (χ1n) is 5.02. The molecule has 0 aromatic carbocycles. The molecule has 0 rings (SSSR count). The van der Waals surface area contributed by atoms with Crippen molar-refractivity contribution in [3.05, 3.63) is 0 Å². The summed E-state index contributed by atoms with van der Waals surface area (Å²) in [6, 6.07) is 0.234. The van der Waals surface area contributed by atoms with Crippen LogP contribution in [0.15, 0.2) is 0 Å². The molecule has 13 heavy (non-hydrogen) atoms.